The van der Waals surface area contributed by atoms with Crippen LogP contribution in [-0.2, 0) is 4.79 Å². The molecule has 2 amide bonds. The van der Waals surface area contributed by atoms with Gasteiger partial charge < -0.3 is 15.2 Å². The number of aromatic nitrogens is 2. The number of rotatable bonds is 3. The Hall–Kier alpha value is -2.15. The van der Waals surface area contributed by atoms with Crippen LogP contribution in [0.3, 0.4) is 0 Å². The molecule has 3 heterocycles. The normalized spacial score (nSPS) is 17.6. The van der Waals surface area contributed by atoms with Gasteiger partial charge in [0.15, 0.2) is 0 Å². The van der Waals surface area contributed by atoms with Gasteiger partial charge in [0.05, 0.1) is 5.92 Å². The average Bonchev–Trinajstić information content (AvgIpc) is 3.03. The molecule has 7 heteroatoms. The number of aryl methyl sites for hydroxylation is 1. The lowest BCUT2D eigenvalue weighted by Gasteiger charge is -2.31. The Morgan fingerprint density at radius 3 is 2.92 bits per heavy atom. The van der Waals surface area contributed by atoms with Gasteiger partial charge in [-0.15, -0.1) is 0 Å². The molecule has 1 fully saturated rings. The Morgan fingerprint density at radius 1 is 1.42 bits per heavy atom. The third-order valence-electron chi connectivity index (χ3n) is 4.12. The van der Waals surface area contributed by atoms with Gasteiger partial charge in [-0.2, -0.15) is 0 Å². The summed E-state index contributed by atoms with van der Waals surface area (Å²) in [6, 6.07) is 5.44. The minimum absolute atomic E-state index is 0.0772. The van der Waals surface area contributed by atoms with E-state index < -0.39 is 0 Å². The van der Waals surface area contributed by atoms with Crippen molar-refractivity contribution >= 4 is 33.6 Å². The molecule has 2 aromatic rings. The molecule has 1 atom stereocenters. The highest BCUT2D eigenvalue weighted by molar-refractivity contribution is 9.10. The molecule has 24 heavy (non-hydrogen) atoms. The van der Waals surface area contributed by atoms with Gasteiger partial charge in [0, 0.05) is 30.0 Å². The number of hydrogen-bond acceptors (Lipinski definition) is 3. The largest absolute Gasteiger partial charge is 0.356 e. The number of H-pyrrole nitrogens is 1. The maximum Gasteiger partial charge on any atom is 0.270 e. The van der Waals surface area contributed by atoms with Crippen molar-refractivity contribution in [3.8, 4) is 0 Å². The van der Waals surface area contributed by atoms with Crippen LogP contribution >= 0.6 is 15.9 Å². The predicted octanol–water partition coefficient (Wildman–Crippen LogP) is 2.97. The Labute approximate surface area is 148 Å². The molecule has 0 aliphatic carbocycles. The third-order valence-corrected chi connectivity index (χ3v) is 4.58. The number of carbonyl (C=O) groups is 2. The predicted molar refractivity (Wildman–Crippen MR) is 94.7 cm³/mol. The van der Waals surface area contributed by atoms with E-state index in [1.165, 1.54) is 0 Å². The molecule has 0 saturated carbocycles. The van der Waals surface area contributed by atoms with E-state index in [1.807, 2.05) is 13.0 Å². The number of aromatic amines is 1. The number of pyridine rings is 1. The van der Waals surface area contributed by atoms with Crippen molar-refractivity contribution in [2.24, 2.45) is 5.92 Å². The first-order chi connectivity index (χ1) is 11.5. The molecule has 1 aliphatic rings. The molecule has 0 radical (unpaired) electrons. The minimum atomic E-state index is -0.218. The Bertz CT molecular complexity index is 741. The van der Waals surface area contributed by atoms with E-state index in [9.17, 15) is 9.59 Å². The second kappa shape index (κ2) is 7.17. The number of halogens is 1. The Morgan fingerprint density at radius 2 is 2.25 bits per heavy atom. The van der Waals surface area contributed by atoms with E-state index in [-0.39, 0.29) is 17.7 Å². The van der Waals surface area contributed by atoms with Crippen LogP contribution in [-0.4, -0.2) is 39.8 Å². The van der Waals surface area contributed by atoms with Crippen molar-refractivity contribution in [3.05, 3.63) is 46.3 Å². The van der Waals surface area contributed by atoms with Crippen molar-refractivity contribution in [1.29, 1.82) is 0 Å². The SMILES string of the molecule is Cc1ccc(NC(=O)C2CCCN(C(=O)c3cc(Br)c[nH]3)C2)nc1. The monoisotopic (exact) mass is 390 g/mol. The fourth-order valence-electron chi connectivity index (χ4n) is 2.81. The Balaban J connectivity index is 1.63. The van der Waals surface area contributed by atoms with Gasteiger partial charge in [0.2, 0.25) is 5.91 Å². The average molecular weight is 391 g/mol. The summed E-state index contributed by atoms with van der Waals surface area (Å²) >= 11 is 3.33. The van der Waals surface area contributed by atoms with Crippen LogP contribution in [0.4, 0.5) is 5.82 Å². The highest BCUT2D eigenvalue weighted by Gasteiger charge is 2.29. The fourth-order valence-corrected chi connectivity index (χ4v) is 3.15. The molecule has 126 valence electrons. The number of piperidine rings is 1. The Kier molecular flexibility index (Phi) is 4.99. The molecule has 0 bridgehead atoms. The van der Waals surface area contributed by atoms with Crippen molar-refractivity contribution in [1.82, 2.24) is 14.9 Å². The van der Waals surface area contributed by atoms with Crippen LogP contribution in [0.5, 0.6) is 0 Å². The molecule has 2 aromatic heterocycles. The van der Waals surface area contributed by atoms with Crippen LogP contribution in [0.1, 0.15) is 28.9 Å². The number of amides is 2. The molecule has 1 aliphatic heterocycles. The molecule has 0 aromatic carbocycles. The molecule has 1 saturated heterocycles. The van der Waals surface area contributed by atoms with Crippen LogP contribution in [0.15, 0.2) is 35.1 Å². The van der Waals surface area contributed by atoms with Crippen molar-refractivity contribution in [2.75, 3.05) is 18.4 Å². The lowest BCUT2D eigenvalue weighted by Crippen LogP contribution is -2.43. The maximum atomic E-state index is 12.5. The minimum Gasteiger partial charge on any atom is -0.356 e. The summed E-state index contributed by atoms with van der Waals surface area (Å²) in [6.45, 7) is 3.04. The zero-order valence-electron chi connectivity index (χ0n) is 13.4. The standard InChI is InChI=1S/C17H19BrN4O2/c1-11-4-5-15(20-8-11)21-16(23)12-3-2-6-22(10-12)17(24)14-7-13(18)9-19-14/h4-5,7-9,12,19H,2-3,6,10H2,1H3,(H,20,21,23). The number of carbonyl (C=O) groups excluding carboxylic acids is 2. The topological polar surface area (TPSA) is 78.1 Å². The fraction of sp³-hybridized carbons (Fsp3) is 0.353. The number of nitrogens with zero attached hydrogens (tertiary/aromatic N) is 2. The van der Waals surface area contributed by atoms with E-state index in [2.05, 4.69) is 31.2 Å². The van der Waals surface area contributed by atoms with Gasteiger partial charge in [0.1, 0.15) is 11.5 Å². The highest BCUT2D eigenvalue weighted by Crippen LogP contribution is 2.21. The number of hydrogen-bond donors (Lipinski definition) is 2. The van der Waals surface area contributed by atoms with Gasteiger partial charge in [-0.05, 0) is 53.4 Å². The van der Waals surface area contributed by atoms with Gasteiger partial charge in [-0.1, -0.05) is 6.07 Å². The summed E-state index contributed by atoms with van der Waals surface area (Å²) in [5.41, 5.74) is 1.57. The van der Waals surface area contributed by atoms with Crippen molar-refractivity contribution in [3.63, 3.8) is 0 Å². The van der Waals surface area contributed by atoms with Gasteiger partial charge >= 0.3 is 0 Å². The van der Waals surface area contributed by atoms with E-state index in [0.717, 1.165) is 22.9 Å². The maximum absolute atomic E-state index is 12.5. The van der Waals surface area contributed by atoms with Crippen molar-refractivity contribution in [2.45, 2.75) is 19.8 Å². The van der Waals surface area contributed by atoms with E-state index in [1.54, 1.807) is 29.4 Å². The molecule has 1 unspecified atom stereocenters. The summed E-state index contributed by atoms with van der Waals surface area (Å²) < 4.78 is 0.836. The first-order valence-corrected chi connectivity index (χ1v) is 8.69. The third kappa shape index (κ3) is 3.84. The summed E-state index contributed by atoms with van der Waals surface area (Å²) in [5, 5.41) is 2.84. The highest BCUT2D eigenvalue weighted by atomic mass is 79.9. The second-order valence-electron chi connectivity index (χ2n) is 6.03. The van der Waals surface area contributed by atoms with E-state index in [0.29, 0.717) is 24.6 Å². The summed E-state index contributed by atoms with van der Waals surface area (Å²) in [7, 11) is 0. The lowest BCUT2D eigenvalue weighted by atomic mass is 9.97. The van der Waals surface area contributed by atoms with Gasteiger partial charge in [-0.25, -0.2) is 4.98 Å². The second-order valence-corrected chi connectivity index (χ2v) is 6.95. The van der Waals surface area contributed by atoms with Gasteiger partial charge in [0.25, 0.3) is 5.91 Å². The van der Waals surface area contributed by atoms with E-state index in [4.69, 9.17) is 0 Å². The summed E-state index contributed by atoms with van der Waals surface area (Å²) in [6.07, 6.45) is 5.03. The molecule has 6 nitrogen and oxygen atoms in total. The zero-order chi connectivity index (χ0) is 17.1. The first kappa shape index (κ1) is 16.7. The van der Waals surface area contributed by atoms with Gasteiger partial charge in [-0.3, -0.25) is 9.59 Å². The zero-order valence-corrected chi connectivity index (χ0v) is 15.0. The molecule has 3 rings (SSSR count). The van der Waals surface area contributed by atoms with Crippen LogP contribution in [0.25, 0.3) is 0 Å². The number of likely N-dealkylation sites (tertiary alicyclic amines) is 1. The molecule has 0 spiro atoms. The molecule has 2 N–H and O–H groups in total. The van der Waals surface area contributed by atoms with Crippen molar-refractivity contribution < 1.29 is 9.59 Å². The quantitative estimate of drug-likeness (QED) is 0.845. The number of nitrogens with one attached hydrogen (secondary N) is 2. The van der Waals surface area contributed by atoms with Crippen LogP contribution < -0.4 is 5.32 Å². The molecular weight excluding hydrogens is 372 g/mol. The van der Waals surface area contributed by atoms with Crippen LogP contribution in [0, 0.1) is 12.8 Å². The van der Waals surface area contributed by atoms with E-state index >= 15 is 0 Å². The summed E-state index contributed by atoms with van der Waals surface area (Å²) in [5.74, 6) is 0.162. The molecular formula is C17H19BrN4O2. The first-order valence-electron chi connectivity index (χ1n) is 7.89. The van der Waals surface area contributed by atoms with Crippen LogP contribution in [0.2, 0.25) is 0 Å². The smallest absolute Gasteiger partial charge is 0.270 e. The lowest BCUT2D eigenvalue weighted by molar-refractivity contribution is -0.121. The summed E-state index contributed by atoms with van der Waals surface area (Å²) in [4.78, 5) is 33.8. The number of anilines is 1.